The Morgan fingerprint density at radius 2 is 1.85 bits per heavy atom. The molecule has 0 fully saturated rings. The zero-order chi connectivity index (χ0) is 18.5. The largest absolute Gasteiger partial charge is 0.354 e. The standard InChI is InChI=1S/C21H18N4O/c1-14-6-7-17(10-15(14)2)21(26)25-20-9-8-19(13-23-20)24-18-5-3-4-16(11-18)12-22/h3-11,13,24H,1-2H3,(H,23,25,26). The van der Waals surface area contributed by atoms with Gasteiger partial charge < -0.3 is 10.6 Å². The third-order valence-electron chi connectivity index (χ3n) is 4.05. The van der Waals surface area contributed by atoms with Crippen molar-refractivity contribution in [2.75, 3.05) is 10.6 Å². The van der Waals surface area contributed by atoms with Crippen molar-refractivity contribution < 1.29 is 4.79 Å². The number of amides is 1. The minimum absolute atomic E-state index is 0.192. The van der Waals surface area contributed by atoms with Crippen LogP contribution in [0.5, 0.6) is 0 Å². The number of carbonyl (C=O) groups excluding carboxylic acids is 1. The number of hydrogen-bond acceptors (Lipinski definition) is 4. The van der Waals surface area contributed by atoms with Crippen LogP contribution < -0.4 is 10.6 Å². The summed E-state index contributed by atoms with van der Waals surface area (Å²) >= 11 is 0. The summed E-state index contributed by atoms with van der Waals surface area (Å²) in [7, 11) is 0. The molecule has 0 bridgehead atoms. The Hall–Kier alpha value is -3.65. The van der Waals surface area contributed by atoms with Crippen molar-refractivity contribution in [3.05, 3.63) is 83.0 Å². The van der Waals surface area contributed by atoms with E-state index in [1.54, 1.807) is 30.5 Å². The second-order valence-electron chi connectivity index (χ2n) is 6.00. The van der Waals surface area contributed by atoms with Crippen LogP contribution in [0.4, 0.5) is 17.2 Å². The molecule has 0 saturated carbocycles. The lowest BCUT2D eigenvalue weighted by Gasteiger charge is -2.09. The second kappa shape index (κ2) is 7.49. The number of rotatable bonds is 4. The van der Waals surface area contributed by atoms with Gasteiger partial charge in [-0.05, 0) is 67.4 Å². The van der Waals surface area contributed by atoms with Crippen LogP contribution in [0, 0.1) is 25.2 Å². The Kier molecular flexibility index (Phi) is 4.95. The minimum atomic E-state index is -0.192. The molecule has 0 atom stereocenters. The molecule has 0 aliphatic carbocycles. The average molecular weight is 342 g/mol. The number of nitrogens with one attached hydrogen (secondary N) is 2. The Morgan fingerprint density at radius 1 is 1.00 bits per heavy atom. The summed E-state index contributed by atoms with van der Waals surface area (Å²) in [6.07, 6.45) is 1.63. The van der Waals surface area contributed by atoms with Gasteiger partial charge in [-0.2, -0.15) is 5.26 Å². The fourth-order valence-electron chi connectivity index (χ4n) is 2.45. The van der Waals surface area contributed by atoms with Crippen molar-refractivity contribution in [3.63, 3.8) is 0 Å². The van der Waals surface area contributed by atoms with Gasteiger partial charge in [-0.15, -0.1) is 0 Å². The van der Waals surface area contributed by atoms with Crippen LogP contribution in [-0.2, 0) is 0 Å². The molecular formula is C21H18N4O. The maximum absolute atomic E-state index is 12.3. The third kappa shape index (κ3) is 4.05. The first-order chi connectivity index (χ1) is 12.5. The first-order valence-electron chi connectivity index (χ1n) is 8.17. The van der Waals surface area contributed by atoms with Crippen molar-refractivity contribution in [2.24, 2.45) is 0 Å². The van der Waals surface area contributed by atoms with Crippen LogP contribution in [0.3, 0.4) is 0 Å². The molecular weight excluding hydrogens is 324 g/mol. The quantitative estimate of drug-likeness (QED) is 0.728. The lowest BCUT2D eigenvalue weighted by atomic mass is 10.1. The van der Waals surface area contributed by atoms with E-state index in [-0.39, 0.29) is 5.91 Å². The fourth-order valence-corrected chi connectivity index (χ4v) is 2.45. The molecule has 26 heavy (non-hydrogen) atoms. The van der Waals surface area contributed by atoms with Gasteiger partial charge in [-0.25, -0.2) is 4.98 Å². The van der Waals surface area contributed by atoms with Crippen LogP contribution in [0.2, 0.25) is 0 Å². The van der Waals surface area contributed by atoms with E-state index in [2.05, 4.69) is 21.7 Å². The van der Waals surface area contributed by atoms with E-state index in [0.717, 1.165) is 22.5 Å². The number of nitriles is 1. The van der Waals surface area contributed by atoms with Crippen molar-refractivity contribution in [1.82, 2.24) is 4.98 Å². The van der Waals surface area contributed by atoms with Gasteiger partial charge in [0.1, 0.15) is 5.82 Å². The monoisotopic (exact) mass is 342 g/mol. The SMILES string of the molecule is Cc1ccc(C(=O)Nc2ccc(Nc3cccc(C#N)c3)cn2)cc1C. The Labute approximate surface area is 152 Å². The van der Waals surface area contributed by atoms with Crippen LogP contribution in [0.25, 0.3) is 0 Å². The van der Waals surface area contributed by atoms with E-state index in [0.29, 0.717) is 16.9 Å². The maximum atomic E-state index is 12.3. The van der Waals surface area contributed by atoms with Gasteiger partial charge in [0.15, 0.2) is 0 Å². The highest BCUT2D eigenvalue weighted by Gasteiger charge is 2.08. The summed E-state index contributed by atoms with van der Waals surface area (Å²) in [5.41, 5.74) is 4.98. The molecule has 0 saturated heterocycles. The van der Waals surface area contributed by atoms with Crippen molar-refractivity contribution in [3.8, 4) is 6.07 Å². The summed E-state index contributed by atoms with van der Waals surface area (Å²) in [6.45, 7) is 3.99. The lowest BCUT2D eigenvalue weighted by molar-refractivity contribution is 0.102. The number of aromatic nitrogens is 1. The number of benzene rings is 2. The highest BCUT2D eigenvalue weighted by Crippen LogP contribution is 2.18. The number of anilines is 3. The van der Waals surface area contributed by atoms with Crippen molar-refractivity contribution in [1.29, 1.82) is 5.26 Å². The molecule has 5 nitrogen and oxygen atoms in total. The molecule has 1 aromatic heterocycles. The Morgan fingerprint density at radius 3 is 2.54 bits per heavy atom. The first-order valence-corrected chi connectivity index (χ1v) is 8.17. The Balaban J connectivity index is 1.68. The predicted octanol–water partition coefficient (Wildman–Crippen LogP) is 4.57. The van der Waals surface area contributed by atoms with E-state index in [1.807, 2.05) is 44.2 Å². The molecule has 0 unspecified atom stereocenters. The van der Waals surface area contributed by atoms with Gasteiger partial charge in [0, 0.05) is 11.3 Å². The van der Waals surface area contributed by atoms with Crippen LogP contribution in [0.1, 0.15) is 27.0 Å². The molecule has 2 N–H and O–H groups in total. The summed E-state index contributed by atoms with van der Waals surface area (Å²) in [5.74, 6) is 0.285. The molecule has 3 aromatic rings. The molecule has 128 valence electrons. The molecule has 1 heterocycles. The predicted molar refractivity (Wildman–Crippen MR) is 103 cm³/mol. The minimum Gasteiger partial charge on any atom is -0.354 e. The number of nitrogens with zero attached hydrogens (tertiary/aromatic N) is 2. The zero-order valence-corrected chi connectivity index (χ0v) is 14.6. The molecule has 3 rings (SSSR count). The highest BCUT2D eigenvalue weighted by atomic mass is 16.1. The smallest absolute Gasteiger partial charge is 0.256 e. The summed E-state index contributed by atoms with van der Waals surface area (Å²) in [4.78, 5) is 16.6. The normalized spacial score (nSPS) is 10.0. The van der Waals surface area contributed by atoms with Crippen molar-refractivity contribution in [2.45, 2.75) is 13.8 Å². The topological polar surface area (TPSA) is 77.8 Å². The van der Waals surface area contributed by atoms with E-state index < -0.39 is 0 Å². The molecule has 2 aromatic carbocycles. The fraction of sp³-hybridized carbons (Fsp3) is 0.0952. The molecule has 0 radical (unpaired) electrons. The van der Waals surface area contributed by atoms with Crippen LogP contribution in [-0.4, -0.2) is 10.9 Å². The van der Waals surface area contributed by atoms with Gasteiger partial charge in [-0.1, -0.05) is 12.1 Å². The lowest BCUT2D eigenvalue weighted by Crippen LogP contribution is -2.13. The first kappa shape index (κ1) is 17.2. The van der Waals surface area contributed by atoms with Crippen LogP contribution >= 0.6 is 0 Å². The van der Waals surface area contributed by atoms with Gasteiger partial charge in [0.2, 0.25) is 0 Å². The third-order valence-corrected chi connectivity index (χ3v) is 4.05. The number of aryl methyl sites for hydroxylation is 2. The maximum Gasteiger partial charge on any atom is 0.256 e. The van der Waals surface area contributed by atoms with E-state index in [4.69, 9.17) is 5.26 Å². The Bertz CT molecular complexity index is 988. The summed E-state index contributed by atoms with van der Waals surface area (Å²) < 4.78 is 0. The van der Waals surface area contributed by atoms with Crippen molar-refractivity contribution >= 4 is 23.1 Å². The summed E-state index contributed by atoms with van der Waals surface area (Å²) in [5, 5.41) is 14.9. The molecule has 0 aliphatic rings. The average Bonchev–Trinajstić information content (AvgIpc) is 2.65. The molecule has 1 amide bonds. The van der Waals surface area contributed by atoms with Gasteiger partial charge in [0.05, 0.1) is 23.5 Å². The van der Waals surface area contributed by atoms with Gasteiger partial charge in [-0.3, -0.25) is 4.79 Å². The van der Waals surface area contributed by atoms with Gasteiger partial charge >= 0.3 is 0 Å². The van der Waals surface area contributed by atoms with E-state index >= 15 is 0 Å². The second-order valence-corrected chi connectivity index (χ2v) is 6.00. The van der Waals surface area contributed by atoms with E-state index in [9.17, 15) is 4.79 Å². The van der Waals surface area contributed by atoms with Crippen LogP contribution in [0.15, 0.2) is 60.8 Å². The van der Waals surface area contributed by atoms with Gasteiger partial charge in [0.25, 0.3) is 5.91 Å². The molecule has 0 spiro atoms. The molecule has 5 heteroatoms. The number of hydrogen-bond donors (Lipinski definition) is 2. The summed E-state index contributed by atoms with van der Waals surface area (Å²) in [6, 6.07) is 18.4. The molecule has 0 aliphatic heterocycles. The highest BCUT2D eigenvalue weighted by molar-refractivity contribution is 6.03. The number of carbonyl (C=O) groups is 1. The number of pyridine rings is 1. The zero-order valence-electron chi connectivity index (χ0n) is 14.6. The van der Waals surface area contributed by atoms with E-state index in [1.165, 1.54) is 0 Å².